The number of aliphatic hydroxyl groups excluding tert-OH is 25. The summed E-state index contributed by atoms with van der Waals surface area (Å²) in [6.07, 6.45) is -21.3. The Morgan fingerprint density at radius 2 is 1.14 bits per heavy atom. The summed E-state index contributed by atoms with van der Waals surface area (Å²) in [7, 11) is 0. The van der Waals surface area contributed by atoms with Gasteiger partial charge in [-0.15, -0.1) is 0 Å². The highest BCUT2D eigenvalue weighted by Gasteiger charge is 2.49. The Hall–Kier alpha value is -11.5. The highest BCUT2D eigenvalue weighted by Crippen LogP contribution is 2.34. The maximum absolute atomic E-state index is 12.8. The van der Waals surface area contributed by atoms with Crippen LogP contribution in [0, 0.1) is 10.8 Å². The van der Waals surface area contributed by atoms with Gasteiger partial charge in [-0.1, -0.05) is 119 Å². The van der Waals surface area contributed by atoms with E-state index >= 15 is 0 Å². The van der Waals surface area contributed by atoms with E-state index in [9.17, 15) is 138 Å². The quantitative estimate of drug-likeness (QED) is 0.0482. The number of halogens is 1. The van der Waals surface area contributed by atoms with Gasteiger partial charge in [0.05, 0.1) is 70.4 Å². The van der Waals surface area contributed by atoms with E-state index in [1.54, 1.807) is 79.7 Å². The lowest BCUT2D eigenvalue weighted by molar-refractivity contribution is -0.261. The van der Waals surface area contributed by atoms with E-state index in [2.05, 4.69) is 75.8 Å². The number of fused-ring (bicyclic) bond motifs is 2. The SMILES string of the molecule is CC(/C=C/c1ccccc1)=C\[C@@H](O)[C@@H]1CC(O)=N[C@@H](CO)C(O)=N[C@H]2CN3C=C(C[C@H](N=C(O)C[C@H](O)C[C@H](C(=O)O)N=C(O)[C@H](O)CN=C(O)[C@H]([C@@H](C)c4ccc(Br)cc4)N=C(O)[C@H]([C@H](O)C(=N)O)N=C(O)[C@H](CC(=N)O)N=C2O)C(O)=N[C@H]([C@@H](C)O)C(O)=N[C@H](CO)C(O)=N[C@@H](Cc2ccccc2)C(O)=N1)N([C@@H]1O[C@H](CO)[C@@H](O)[C@H](O)[C@H]1O)C3. The maximum Gasteiger partial charge on any atom is 0.328 e. The van der Waals surface area contributed by atoms with Crippen molar-refractivity contribution in [1.29, 1.82) is 10.8 Å². The molecule has 0 unspecified atom stereocenters. The predicted octanol–water partition coefficient (Wildman–Crippen LogP) is 1.15. The second-order valence-corrected chi connectivity index (χ2v) is 29.4. The van der Waals surface area contributed by atoms with Crippen LogP contribution in [0.5, 0.6) is 0 Å². The summed E-state index contributed by atoms with van der Waals surface area (Å²) in [5, 5.41) is 315. The molecule has 0 spiro atoms. The molecule has 4 aliphatic rings. The lowest BCUT2D eigenvalue weighted by Crippen LogP contribution is -2.63. The van der Waals surface area contributed by atoms with Crippen molar-refractivity contribution in [1.82, 2.24) is 9.80 Å². The Bertz CT molecular complexity index is 4510. The van der Waals surface area contributed by atoms with Crippen molar-refractivity contribution in [3.05, 3.63) is 136 Å². The smallest absolute Gasteiger partial charge is 0.328 e. The van der Waals surface area contributed by atoms with E-state index < -0.39 is 294 Å². The van der Waals surface area contributed by atoms with Crippen LogP contribution in [0.15, 0.2) is 179 Å². The standard InChI is InChI=1S/C76H101BrN16O28/c1-34(14-15-37-10-6-4-7-11-37)20-51(99)43-26-56(103)82-49(30-94)69(113)87-48-29-92-28-41(93(33-92)75-63(107)62(106)60(104)53(32-96)121-75)22-45(66(110)90-58(36(3)97)73(117)88-50(31-95)70(114)84-44(65(109)83-43)21-38-12-8-5-9-13-38)81-55(102)24-42(98)23-47(76(119)120)86-71(115)52(100)27-80-72(116)57(35(2)39-16-18-40(77)19-17-39)89-74(118)59(61(105)64(79)108)91-67(111)46(25-54(78)101)85-68(48)112/h4-20,28,35-36,42-53,57-63,75,94-100,104-107H,21-27,29-33H2,1-3H3,(H2,78,101)(H2,79,108)(H,80,116)(H,81,102)(H,82,103)(H,83,109)(H,84,114)(H,85,112)(H,86,115)(H,87,113)(H,88,117)(H,89,118)(H,90,110)(H,91,111)(H,119,120)/b15-14+,34-20+/t35-,36+,42+,43-,44-,45-,46-,47+,48-,49-,50+,51+,52+,53+,57-,58+,59-,60+,61-,62-,63+,75+/m0/s1. The van der Waals surface area contributed by atoms with E-state index in [0.717, 1.165) is 28.5 Å². The number of carboxylic acid groups (broad SMARTS) is 1. The fourth-order valence-corrected chi connectivity index (χ4v) is 12.8. The first-order valence-corrected chi connectivity index (χ1v) is 38.3. The Labute approximate surface area is 698 Å². The fourth-order valence-electron chi connectivity index (χ4n) is 12.6. The molecule has 3 aromatic carbocycles. The molecule has 22 atom stereocenters. The van der Waals surface area contributed by atoms with Crippen LogP contribution < -0.4 is 0 Å². The molecule has 660 valence electrons. The van der Waals surface area contributed by atoms with Crippen LogP contribution in [-0.2, 0) is 16.0 Å². The molecule has 4 bridgehead atoms. The number of rotatable bonds is 18. The zero-order valence-corrected chi connectivity index (χ0v) is 66.7. The van der Waals surface area contributed by atoms with Crippen LogP contribution in [-0.4, -0.2) is 398 Å². The van der Waals surface area contributed by atoms with Gasteiger partial charge in [0.25, 0.3) is 0 Å². The minimum Gasteiger partial charge on any atom is -0.497 e. The van der Waals surface area contributed by atoms with Gasteiger partial charge in [0.1, 0.15) is 60.7 Å². The van der Waals surface area contributed by atoms with Crippen LogP contribution in [0.4, 0.5) is 0 Å². The van der Waals surface area contributed by atoms with Crippen LogP contribution in [0.1, 0.15) is 75.5 Å². The molecule has 1 fully saturated rings. The van der Waals surface area contributed by atoms with Gasteiger partial charge in [0.15, 0.2) is 60.2 Å². The van der Waals surface area contributed by atoms with E-state index in [1.165, 1.54) is 37.3 Å². The zero-order valence-electron chi connectivity index (χ0n) is 65.2. The minimum atomic E-state index is -2.74. The fraction of sp³-hybridized carbons (Fsp3) is 0.487. The molecule has 0 aromatic heterocycles. The molecule has 0 radical (unpaired) electrons. The number of hydrogen-bond donors (Lipinski definition) is 28. The molecule has 0 aliphatic carbocycles. The van der Waals surface area contributed by atoms with E-state index in [4.69, 9.17) is 15.6 Å². The van der Waals surface area contributed by atoms with E-state index in [0.29, 0.717) is 21.2 Å². The average molecular weight is 1770 g/mol. The number of aliphatic imine (C=N–C) groups is 12. The van der Waals surface area contributed by atoms with Gasteiger partial charge in [0.2, 0.25) is 64.9 Å². The molecule has 28 N–H and O–H groups in total. The third-order valence-electron chi connectivity index (χ3n) is 19.2. The molecule has 4 heterocycles. The van der Waals surface area contributed by atoms with Crippen LogP contribution in [0.2, 0.25) is 0 Å². The van der Waals surface area contributed by atoms with Gasteiger partial charge >= 0.3 is 5.97 Å². The lowest BCUT2D eigenvalue weighted by Gasteiger charge is -2.45. The summed E-state index contributed by atoms with van der Waals surface area (Å²) < 4.78 is 6.50. The number of aliphatic carboxylic acids is 1. The first-order valence-electron chi connectivity index (χ1n) is 37.5. The van der Waals surface area contributed by atoms with Gasteiger partial charge in [-0.2, -0.15) is 0 Å². The molecule has 0 amide bonds. The molecule has 121 heavy (non-hydrogen) atoms. The summed E-state index contributed by atoms with van der Waals surface area (Å²) in [6.45, 7) is -2.56. The second-order valence-electron chi connectivity index (χ2n) is 28.5. The summed E-state index contributed by atoms with van der Waals surface area (Å²) in [4.78, 5) is 63.4. The number of aliphatic hydroxyl groups is 25. The molecule has 1 saturated heterocycles. The summed E-state index contributed by atoms with van der Waals surface area (Å²) in [6, 6.07) is -0.738. The Morgan fingerprint density at radius 3 is 1.75 bits per heavy atom. The van der Waals surface area contributed by atoms with Crippen molar-refractivity contribution in [3.8, 4) is 0 Å². The number of nitrogens with zero attached hydrogens (tertiary/aromatic N) is 14. The van der Waals surface area contributed by atoms with Crippen molar-refractivity contribution in [2.75, 3.05) is 39.6 Å². The normalized spacial score (nSPS) is 29.4. The summed E-state index contributed by atoms with van der Waals surface area (Å²) >= 11 is 3.30. The van der Waals surface area contributed by atoms with E-state index in [1.807, 2.05) is 0 Å². The summed E-state index contributed by atoms with van der Waals surface area (Å²) in [5.41, 5.74) is 1.42. The summed E-state index contributed by atoms with van der Waals surface area (Å²) in [5.74, 6) is -21.6. The first kappa shape index (κ1) is 96.7. The van der Waals surface area contributed by atoms with Gasteiger partial charge in [0, 0.05) is 54.4 Å². The number of carboxylic acids is 1. The number of allylic oxidation sites excluding steroid dienone is 2. The molecule has 0 saturated carbocycles. The first-order chi connectivity index (χ1) is 57.2. The molecular formula is C76H101BrN16O28. The molecule has 44 nitrogen and oxygen atoms in total. The van der Waals surface area contributed by atoms with Gasteiger partial charge in [-0.3, -0.25) is 15.8 Å². The van der Waals surface area contributed by atoms with Gasteiger partial charge in [-0.25, -0.2) is 59.7 Å². The third-order valence-corrected chi connectivity index (χ3v) is 19.7. The number of ether oxygens (including phenoxy) is 1. The van der Waals surface area contributed by atoms with Crippen molar-refractivity contribution in [2.45, 2.75) is 193 Å². The number of benzene rings is 3. The van der Waals surface area contributed by atoms with Crippen LogP contribution in [0.3, 0.4) is 0 Å². The molecule has 4 aliphatic heterocycles. The zero-order chi connectivity index (χ0) is 89.4. The van der Waals surface area contributed by atoms with Crippen molar-refractivity contribution < 1.29 is 142 Å². The molecular weight excluding hydrogens is 1660 g/mol. The molecule has 45 heteroatoms. The highest BCUT2D eigenvalue weighted by atomic mass is 79.9. The largest absolute Gasteiger partial charge is 0.497 e. The van der Waals surface area contributed by atoms with E-state index in [-0.39, 0.29) is 12.1 Å². The van der Waals surface area contributed by atoms with Gasteiger partial charge < -0.3 is 147 Å². The van der Waals surface area contributed by atoms with Crippen molar-refractivity contribution in [2.24, 2.45) is 59.9 Å². The van der Waals surface area contributed by atoms with Crippen molar-refractivity contribution in [3.63, 3.8) is 0 Å². The topological polar surface area (TPSA) is 755 Å². The lowest BCUT2D eigenvalue weighted by atomic mass is 9.93. The molecule has 3 aromatic rings. The maximum atomic E-state index is 12.8. The predicted molar refractivity (Wildman–Crippen MR) is 446 cm³/mol. The Morgan fingerprint density at radius 1 is 0.579 bits per heavy atom. The van der Waals surface area contributed by atoms with Gasteiger partial charge in [-0.05, 0) is 42.7 Å². The molecule has 7 rings (SSSR count). The van der Waals surface area contributed by atoms with Crippen LogP contribution in [0.25, 0.3) is 6.08 Å². The van der Waals surface area contributed by atoms with Crippen molar-refractivity contribution >= 4 is 111 Å². The third kappa shape index (κ3) is 27.8. The van der Waals surface area contributed by atoms with Crippen LogP contribution >= 0.6 is 15.9 Å². The monoisotopic (exact) mass is 1760 g/mol. The minimum absolute atomic E-state index is 0.299. The number of carbonyl (C=O) groups is 1. The number of nitrogens with one attached hydrogen (secondary N) is 2. The number of hydrogen-bond acceptors (Lipinski definition) is 29. The highest BCUT2D eigenvalue weighted by molar-refractivity contribution is 9.10. The Kier molecular flexibility index (Phi) is 36.1. The second kappa shape index (κ2) is 45.3. The average Bonchev–Trinajstić information content (AvgIpc) is 1.63. The Balaban J connectivity index is 1.59.